The maximum absolute atomic E-state index is 11.6. The van der Waals surface area contributed by atoms with Gasteiger partial charge in [-0.25, -0.2) is 4.68 Å². The largest absolute Gasteiger partial charge is 2.00 e. The van der Waals surface area contributed by atoms with Crippen LogP contribution in [0.4, 0.5) is 0 Å². The van der Waals surface area contributed by atoms with E-state index in [0.717, 1.165) is 11.3 Å². The summed E-state index contributed by atoms with van der Waals surface area (Å²) in [6, 6.07) is 28.5. The Morgan fingerprint density at radius 1 is 0.745 bits per heavy atom. The van der Waals surface area contributed by atoms with Gasteiger partial charge in [-0.15, -0.1) is 5.10 Å². The molecule has 1 aromatic heterocycles. The molecule has 51 heavy (non-hydrogen) atoms. The summed E-state index contributed by atoms with van der Waals surface area (Å²) in [5.74, 6) is 0.120. The standard InChI is InChI=1S/C33H34BN3.C11H22O2.Pt/c1-22-15-24(3)32(25(4)16-22)34(33-26(5)17-23(2)18-27(33)6)30-14-10-13-29(19-30)31-21-37(36-35-31)20-28-11-8-7-9-12-28;1-10(2,3)8(12)7-9(13)11(4,5)6;/h7-19,21H,20H2,1-6H3;8,12H,7H2,1-6H3;/q;;+2. The predicted octanol–water partition coefficient (Wildman–Crippen LogP) is 7.76. The van der Waals surface area contributed by atoms with Crippen molar-refractivity contribution in [3.05, 3.63) is 124 Å². The molecule has 0 aliphatic carbocycles. The first kappa shape index (κ1) is 41.8. The summed E-state index contributed by atoms with van der Waals surface area (Å²) in [7, 11) is 0. The molecule has 0 amide bonds. The molecule has 5 aromatic rings. The van der Waals surface area contributed by atoms with E-state index in [9.17, 15) is 9.90 Å². The third-order valence-corrected chi connectivity index (χ3v) is 9.51. The van der Waals surface area contributed by atoms with E-state index < -0.39 is 6.10 Å². The van der Waals surface area contributed by atoms with Gasteiger partial charge in [0, 0.05) is 17.4 Å². The molecule has 1 unspecified atom stereocenters. The summed E-state index contributed by atoms with van der Waals surface area (Å²) < 4.78 is 1.91. The second kappa shape index (κ2) is 17.3. The fraction of sp³-hybridized carbons (Fsp3) is 0.386. The Labute approximate surface area is 321 Å². The quantitative estimate of drug-likeness (QED) is 0.162. The van der Waals surface area contributed by atoms with Gasteiger partial charge in [0.15, 0.2) is 0 Å². The molecule has 1 N–H and O–H groups in total. The molecule has 0 radical (unpaired) electrons. The van der Waals surface area contributed by atoms with Crippen LogP contribution in [0.15, 0.2) is 85.1 Å². The molecule has 0 aliphatic rings. The zero-order chi connectivity index (χ0) is 37.0. The number of aryl methyl sites for hydroxylation is 6. The van der Waals surface area contributed by atoms with Crippen LogP contribution < -0.4 is 16.4 Å². The minimum atomic E-state index is -0.542. The van der Waals surface area contributed by atoms with Crippen molar-refractivity contribution in [2.75, 3.05) is 0 Å². The zero-order valence-electron chi connectivity index (χ0n) is 32.7. The summed E-state index contributed by atoms with van der Waals surface area (Å²) in [5.41, 5.74) is 14.7. The second-order valence-corrected chi connectivity index (χ2v) is 16.2. The minimum absolute atomic E-state index is 0. The average molecular weight is 865 g/mol. The molecule has 4 aromatic carbocycles. The number of aliphatic hydroxyl groups excluding tert-OH is 1. The molecule has 270 valence electrons. The molecule has 5 nitrogen and oxygen atoms in total. The van der Waals surface area contributed by atoms with Crippen molar-refractivity contribution in [1.82, 2.24) is 15.0 Å². The number of ketones is 1. The Hall–Kier alpha value is -3.60. The molecule has 7 heteroatoms. The van der Waals surface area contributed by atoms with Crippen molar-refractivity contribution in [3.63, 3.8) is 0 Å². The first-order chi connectivity index (χ1) is 23.3. The Morgan fingerprint density at radius 3 is 1.73 bits per heavy atom. The predicted molar refractivity (Wildman–Crippen MR) is 212 cm³/mol. The van der Waals surface area contributed by atoms with Gasteiger partial charge in [-0.2, -0.15) is 0 Å². The average Bonchev–Trinajstić information content (AvgIpc) is 3.48. The van der Waals surface area contributed by atoms with Crippen molar-refractivity contribution < 1.29 is 31.0 Å². The summed E-state index contributed by atoms with van der Waals surface area (Å²) >= 11 is 0. The van der Waals surface area contributed by atoms with Crippen LogP contribution in [0.3, 0.4) is 0 Å². The van der Waals surface area contributed by atoms with Crippen LogP contribution in [0, 0.1) is 52.4 Å². The van der Waals surface area contributed by atoms with E-state index in [4.69, 9.17) is 0 Å². The van der Waals surface area contributed by atoms with Crippen molar-refractivity contribution in [3.8, 4) is 11.3 Å². The molecule has 0 spiro atoms. The molecule has 0 saturated heterocycles. The van der Waals surface area contributed by atoms with Crippen LogP contribution >= 0.6 is 0 Å². The third-order valence-electron chi connectivity index (χ3n) is 9.51. The number of rotatable bonds is 8. The van der Waals surface area contributed by atoms with E-state index in [1.165, 1.54) is 55.3 Å². The number of hydrogen-bond donors (Lipinski definition) is 1. The van der Waals surface area contributed by atoms with E-state index in [0.29, 0.717) is 6.54 Å². The minimum Gasteiger partial charge on any atom is -0.392 e. The molecule has 1 atom stereocenters. The van der Waals surface area contributed by atoms with Gasteiger partial charge in [0.1, 0.15) is 11.5 Å². The Kier molecular flexibility index (Phi) is 14.2. The number of carbonyl (C=O) groups excluding carboxylic acids is 1. The molecule has 0 saturated carbocycles. The van der Waals surface area contributed by atoms with Crippen molar-refractivity contribution in [2.24, 2.45) is 10.8 Å². The molecule has 0 bridgehead atoms. The second-order valence-electron chi connectivity index (χ2n) is 16.2. The molecule has 0 fully saturated rings. The van der Waals surface area contributed by atoms with Gasteiger partial charge in [-0.05, 0) is 52.5 Å². The fourth-order valence-corrected chi connectivity index (χ4v) is 6.71. The Morgan fingerprint density at radius 2 is 1.25 bits per heavy atom. The number of aromatic nitrogens is 3. The van der Waals surface area contributed by atoms with Crippen LogP contribution in [0.25, 0.3) is 11.3 Å². The van der Waals surface area contributed by atoms with E-state index in [1.807, 2.05) is 58.5 Å². The maximum Gasteiger partial charge on any atom is 2.00 e. The molecule has 5 rings (SSSR count). The van der Waals surface area contributed by atoms with Crippen LogP contribution in [0.1, 0.15) is 86.9 Å². The summed E-state index contributed by atoms with van der Waals surface area (Å²) in [5, 5.41) is 18.7. The molecule has 0 aliphatic heterocycles. The van der Waals surface area contributed by atoms with E-state index >= 15 is 0 Å². The molecular formula is C44H56BN3O2Pt+2. The molecule has 1 heterocycles. The van der Waals surface area contributed by atoms with E-state index in [2.05, 4.69) is 125 Å². The number of aliphatic hydroxyl groups is 1. The number of nitrogens with zero attached hydrogens (tertiary/aromatic N) is 3. The summed E-state index contributed by atoms with van der Waals surface area (Å²) in [4.78, 5) is 11.6. The monoisotopic (exact) mass is 864 g/mol. The number of carbonyl (C=O) groups is 1. The number of benzene rings is 4. The summed E-state index contributed by atoms with van der Waals surface area (Å²) in [6.45, 7) is 25.7. The maximum atomic E-state index is 11.6. The van der Waals surface area contributed by atoms with Crippen molar-refractivity contribution in [2.45, 2.75) is 102 Å². The van der Waals surface area contributed by atoms with Gasteiger partial charge in [0.2, 0.25) is 6.71 Å². The van der Waals surface area contributed by atoms with Gasteiger partial charge < -0.3 is 5.11 Å². The van der Waals surface area contributed by atoms with Crippen molar-refractivity contribution in [1.29, 1.82) is 0 Å². The van der Waals surface area contributed by atoms with Gasteiger partial charge in [-0.3, -0.25) is 4.79 Å². The van der Waals surface area contributed by atoms with Gasteiger partial charge in [0.05, 0.1) is 18.8 Å². The Balaban J connectivity index is 0.000000430. The summed E-state index contributed by atoms with van der Waals surface area (Å²) in [6.07, 6.45) is 1.76. The van der Waals surface area contributed by atoms with Crippen LogP contribution in [0.2, 0.25) is 0 Å². The first-order valence-corrected chi connectivity index (χ1v) is 17.8. The fourth-order valence-electron chi connectivity index (χ4n) is 6.71. The normalized spacial score (nSPS) is 12.0. The SMILES string of the molecule is CC(C)(C)C(=O)CC(O)C(C)(C)C.Cc1cc(C)c(B(c2cccc(-c3cn(Cc4ccccc4)nn3)c2)c2c(C)cc(C)cc2C)c(C)c1.[Pt+2]. The topological polar surface area (TPSA) is 68.0 Å². The van der Waals surface area contributed by atoms with E-state index in [1.54, 1.807) is 0 Å². The first-order valence-electron chi connectivity index (χ1n) is 17.8. The van der Waals surface area contributed by atoms with Gasteiger partial charge in [-0.1, -0.05) is 175 Å². The van der Waals surface area contributed by atoms with E-state index in [-0.39, 0.29) is 50.8 Å². The Bertz CT molecular complexity index is 1830. The molecular weight excluding hydrogens is 808 g/mol. The van der Waals surface area contributed by atoms with Crippen LogP contribution in [0.5, 0.6) is 0 Å². The third kappa shape index (κ3) is 11.0. The smallest absolute Gasteiger partial charge is 0.392 e. The van der Waals surface area contributed by atoms with Gasteiger partial charge in [0.25, 0.3) is 0 Å². The van der Waals surface area contributed by atoms with Crippen LogP contribution in [-0.4, -0.2) is 38.7 Å². The number of hydrogen-bond acceptors (Lipinski definition) is 4. The van der Waals surface area contributed by atoms with Gasteiger partial charge >= 0.3 is 21.1 Å². The van der Waals surface area contributed by atoms with Crippen molar-refractivity contribution >= 4 is 28.9 Å². The zero-order valence-corrected chi connectivity index (χ0v) is 34.9. The number of Topliss-reactive ketones (excluding diaryl/α,β-unsaturated/α-hetero) is 1. The van der Waals surface area contributed by atoms with Crippen LogP contribution in [-0.2, 0) is 32.4 Å².